The van der Waals surface area contributed by atoms with Gasteiger partial charge in [-0.25, -0.2) is 4.39 Å². The van der Waals surface area contributed by atoms with Crippen LogP contribution in [0.15, 0.2) is 24.3 Å². The standard InChI is InChI=1S/C19H24ClF/c1-13-5-7-14(8-6-13)15-9-11-16(12-10-15)17-3-2-4-18(21)19(17)20/h2-4,11,13-15H,5-10,12H2,1H3. The van der Waals surface area contributed by atoms with Gasteiger partial charge in [0, 0.05) is 0 Å². The van der Waals surface area contributed by atoms with Crippen molar-refractivity contribution in [2.45, 2.75) is 51.9 Å². The Kier molecular flexibility index (Phi) is 4.69. The summed E-state index contributed by atoms with van der Waals surface area (Å²) in [5.74, 6) is 2.34. The molecule has 0 aromatic heterocycles. The predicted molar refractivity (Wildman–Crippen MR) is 87.9 cm³/mol. The lowest BCUT2D eigenvalue weighted by Gasteiger charge is -2.34. The smallest absolute Gasteiger partial charge is 0.142 e. The number of hydrogen-bond donors (Lipinski definition) is 0. The predicted octanol–water partition coefficient (Wildman–Crippen LogP) is 6.49. The Morgan fingerprint density at radius 3 is 2.48 bits per heavy atom. The minimum Gasteiger partial charge on any atom is -0.205 e. The average molecular weight is 307 g/mol. The third-order valence-electron chi connectivity index (χ3n) is 5.48. The molecule has 1 atom stereocenters. The van der Waals surface area contributed by atoms with E-state index in [1.807, 2.05) is 6.07 Å². The lowest BCUT2D eigenvalue weighted by atomic mass is 9.71. The van der Waals surface area contributed by atoms with Crippen molar-refractivity contribution in [2.75, 3.05) is 0 Å². The van der Waals surface area contributed by atoms with E-state index < -0.39 is 0 Å². The van der Waals surface area contributed by atoms with Crippen molar-refractivity contribution in [3.8, 4) is 0 Å². The van der Waals surface area contributed by atoms with Gasteiger partial charge in [-0.1, -0.05) is 49.6 Å². The monoisotopic (exact) mass is 306 g/mol. The van der Waals surface area contributed by atoms with E-state index in [2.05, 4.69) is 13.0 Å². The first kappa shape index (κ1) is 15.1. The summed E-state index contributed by atoms with van der Waals surface area (Å²) in [6.07, 6.45) is 11.3. The first-order valence-electron chi connectivity index (χ1n) is 8.28. The molecular weight excluding hydrogens is 283 g/mol. The van der Waals surface area contributed by atoms with Gasteiger partial charge in [-0.15, -0.1) is 0 Å². The topological polar surface area (TPSA) is 0 Å². The number of benzene rings is 1. The van der Waals surface area contributed by atoms with E-state index in [4.69, 9.17) is 11.6 Å². The van der Waals surface area contributed by atoms with Gasteiger partial charge in [0.2, 0.25) is 0 Å². The van der Waals surface area contributed by atoms with Gasteiger partial charge in [-0.05, 0) is 67.1 Å². The fourth-order valence-corrected chi connectivity index (χ4v) is 4.28. The number of halogens is 2. The largest absolute Gasteiger partial charge is 0.205 e. The SMILES string of the molecule is CC1CCC(C2CC=C(c3cccc(F)c3Cl)CC2)CC1. The normalized spacial score (nSPS) is 30.0. The Hall–Kier alpha value is -0.820. The third kappa shape index (κ3) is 3.34. The molecule has 0 amide bonds. The molecule has 0 heterocycles. The van der Waals surface area contributed by atoms with Gasteiger partial charge in [0.15, 0.2) is 0 Å². The molecule has 21 heavy (non-hydrogen) atoms. The molecule has 1 aromatic carbocycles. The van der Waals surface area contributed by atoms with Crippen LogP contribution < -0.4 is 0 Å². The van der Waals surface area contributed by atoms with Crippen LogP contribution in [0, 0.1) is 23.6 Å². The zero-order chi connectivity index (χ0) is 14.8. The second-order valence-electron chi connectivity index (χ2n) is 6.89. The summed E-state index contributed by atoms with van der Waals surface area (Å²) in [6, 6.07) is 5.13. The summed E-state index contributed by atoms with van der Waals surface area (Å²) in [4.78, 5) is 0. The van der Waals surface area contributed by atoms with Gasteiger partial charge < -0.3 is 0 Å². The minimum absolute atomic E-state index is 0.286. The molecule has 0 radical (unpaired) electrons. The van der Waals surface area contributed by atoms with Crippen LogP contribution in [-0.4, -0.2) is 0 Å². The van der Waals surface area contributed by atoms with Gasteiger partial charge >= 0.3 is 0 Å². The second kappa shape index (κ2) is 6.52. The maximum Gasteiger partial charge on any atom is 0.142 e. The van der Waals surface area contributed by atoms with Crippen LogP contribution in [0.1, 0.15) is 57.4 Å². The molecule has 1 fully saturated rings. The quantitative estimate of drug-likeness (QED) is 0.586. The molecule has 3 rings (SSSR count). The van der Waals surface area contributed by atoms with Crippen molar-refractivity contribution in [3.05, 3.63) is 40.7 Å². The Balaban J connectivity index is 1.68. The Labute approximate surface area is 132 Å². The Morgan fingerprint density at radius 2 is 1.81 bits per heavy atom. The zero-order valence-electron chi connectivity index (χ0n) is 12.7. The van der Waals surface area contributed by atoms with Crippen molar-refractivity contribution in [3.63, 3.8) is 0 Å². The molecule has 1 aromatic rings. The molecule has 0 aliphatic heterocycles. The molecular formula is C19H24ClF. The molecule has 0 spiro atoms. The molecule has 2 aliphatic rings. The molecule has 0 N–H and O–H groups in total. The highest BCUT2D eigenvalue weighted by Crippen LogP contribution is 2.42. The van der Waals surface area contributed by atoms with E-state index in [0.717, 1.165) is 36.2 Å². The van der Waals surface area contributed by atoms with E-state index in [-0.39, 0.29) is 10.8 Å². The summed E-state index contributed by atoms with van der Waals surface area (Å²) < 4.78 is 13.6. The first-order chi connectivity index (χ1) is 10.1. The van der Waals surface area contributed by atoms with Gasteiger partial charge in [-0.2, -0.15) is 0 Å². The maximum atomic E-state index is 13.6. The highest BCUT2D eigenvalue weighted by molar-refractivity contribution is 6.32. The summed E-state index contributed by atoms with van der Waals surface area (Å²) in [7, 11) is 0. The summed E-state index contributed by atoms with van der Waals surface area (Å²) in [5, 5.41) is 0.286. The van der Waals surface area contributed by atoms with Crippen LogP contribution in [-0.2, 0) is 0 Å². The Bertz CT molecular complexity index is 526. The van der Waals surface area contributed by atoms with Gasteiger partial charge in [0.1, 0.15) is 5.82 Å². The van der Waals surface area contributed by atoms with Crippen LogP contribution in [0.4, 0.5) is 4.39 Å². The number of rotatable bonds is 2. The molecule has 2 aliphatic carbocycles. The summed E-state index contributed by atoms with van der Waals surface area (Å²) in [5.41, 5.74) is 2.13. The third-order valence-corrected chi connectivity index (χ3v) is 5.86. The van der Waals surface area contributed by atoms with Crippen molar-refractivity contribution in [1.29, 1.82) is 0 Å². The van der Waals surface area contributed by atoms with E-state index >= 15 is 0 Å². The average Bonchev–Trinajstić information content (AvgIpc) is 2.51. The molecule has 114 valence electrons. The van der Waals surface area contributed by atoms with Crippen molar-refractivity contribution < 1.29 is 4.39 Å². The lowest BCUT2D eigenvalue weighted by Crippen LogP contribution is -2.22. The van der Waals surface area contributed by atoms with E-state index in [9.17, 15) is 4.39 Å². The van der Waals surface area contributed by atoms with Crippen molar-refractivity contribution in [2.24, 2.45) is 17.8 Å². The molecule has 0 nitrogen and oxygen atoms in total. The van der Waals surface area contributed by atoms with E-state index in [1.165, 1.54) is 43.7 Å². The number of allylic oxidation sites excluding steroid dienone is 2. The zero-order valence-corrected chi connectivity index (χ0v) is 13.5. The molecule has 1 saturated carbocycles. The molecule has 2 heteroatoms. The van der Waals surface area contributed by atoms with Crippen LogP contribution in [0.25, 0.3) is 5.57 Å². The summed E-state index contributed by atoms with van der Waals surface area (Å²) >= 11 is 6.11. The van der Waals surface area contributed by atoms with Crippen molar-refractivity contribution in [1.82, 2.24) is 0 Å². The minimum atomic E-state index is -0.307. The molecule has 0 bridgehead atoms. The first-order valence-corrected chi connectivity index (χ1v) is 8.66. The molecule has 0 saturated heterocycles. The fourth-order valence-electron chi connectivity index (χ4n) is 4.04. The van der Waals surface area contributed by atoms with Gasteiger partial charge in [-0.3, -0.25) is 0 Å². The van der Waals surface area contributed by atoms with Gasteiger partial charge in [0.25, 0.3) is 0 Å². The van der Waals surface area contributed by atoms with Crippen molar-refractivity contribution >= 4 is 17.2 Å². The second-order valence-corrected chi connectivity index (χ2v) is 7.26. The van der Waals surface area contributed by atoms with Gasteiger partial charge in [0.05, 0.1) is 5.02 Å². The molecule has 1 unspecified atom stereocenters. The van der Waals surface area contributed by atoms with E-state index in [1.54, 1.807) is 6.07 Å². The van der Waals surface area contributed by atoms with Crippen LogP contribution in [0.5, 0.6) is 0 Å². The highest BCUT2D eigenvalue weighted by Gasteiger charge is 2.27. The number of hydrogen-bond acceptors (Lipinski definition) is 0. The van der Waals surface area contributed by atoms with Crippen LogP contribution in [0.3, 0.4) is 0 Å². The highest BCUT2D eigenvalue weighted by atomic mass is 35.5. The van der Waals surface area contributed by atoms with E-state index in [0.29, 0.717) is 0 Å². The summed E-state index contributed by atoms with van der Waals surface area (Å²) in [6.45, 7) is 2.38. The fraction of sp³-hybridized carbons (Fsp3) is 0.579. The maximum absolute atomic E-state index is 13.6. The Morgan fingerprint density at radius 1 is 1.05 bits per heavy atom. The lowest BCUT2D eigenvalue weighted by molar-refractivity contribution is 0.202. The van der Waals surface area contributed by atoms with Crippen LogP contribution in [0.2, 0.25) is 5.02 Å². The van der Waals surface area contributed by atoms with Crippen LogP contribution >= 0.6 is 11.6 Å².